The molecule has 1 aliphatic rings. The molecule has 2 aromatic rings. The minimum absolute atomic E-state index is 0.479. The molecule has 0 amide bonds. The smallest absolute Gasteiger partial charge is 0.321 e. The molecule has 5 heteroatoms. The van der Waals surface area contributed by atoms with E-state index in [0.717, 1.165) is 37.3 Å². The minimum atomic E-state index is -0.771. The molecule has 2 aromatic carbocycles. The number of carboxylic acids is 1. The van der Waals surface area contributed by atoms with Crippen molar-refractivity contribution in [3.05, 3.63) is 64.7 Å². The molecule has 0 radical (unpaired) electrons. The van der Waals surface area contributed by atoms with Gasteiger partial charge < -0.3 is 10.0 Å². The predicted molar refractivity (Wildman–Crippen MR) is 102 cm³/mol. The van der Waals surface area contributed by atoms with Gasteiger partial charge in [-0.3, -0.25) is 9.69 Å². The number of nitrogens with zero attached hydrogens (tertiary/aromatic N) is 2. The summed E-state index contributed by atoms with van der Waals surface area (Å²) in [5.41, 5.74) is 3.28. The molecule has 1 N–H and O–H groups in total. The van der Waals surface area contributed by atoms with Crippen LogP contribution in [0.3, 0.4) is 0 Å². The number of piperazine rings is 1. The zero-order chi connectivity index (χ0) is 17.8. The molecule has 1 heterocycles. The van der Waals surface area contributed by atoms with Crippen molar-refractivity contribution < 1.29 is 9.90 Å². The summed E-state index contributed by atoms with van der Waals surface area (Å²) in [6, 6.07) is 15.4. The average Bonchev–Trinajstić information content (AvgIpc) is 2.63. The highest BCUT2D eigenvalue weighted by molar-refractivity contribution is 6.30. The molecular weight excluding hydrogens is 336 g/mol. The summed E-state index contributed by atoms with van der Waals surface area (Å²) in [7, 11) is 0. The molecule has 0 spiro atoms. The van der Waals surface area contributed by atoms with Crippen LogP contribution in [0.15, 0.2) is 48.5 Å². The Hall–Kier alpha value is -2.04. The van der Waals surface area contributed by atoms with Crippen molar-refractivity contribution in [3.63, 3.8) is 0 Å². The van der Waals surface area contributed by atoms with Gasteiger partial charge in [0.25, 0.3) is 0 Å². The first-order chi connectivity index (χ1) is 12.0. The summed E-state index contributed by atoms with van der Waals surface area (Å²) in [5, 5.41) is 10.4. The molecule has 1 atom stereocenters. The molecule has 1 fully saturated rings. The van der Waals surface area contributed by atoms with E-state index < -0.39 is 12.0 Å². The third-order valence-corrected chi connectivity index (χ3v) is 5.12. The lowest BCUT2D eigenvalue weighted by Gasteiger charge is -2.39. The normalized spacial score (nSPS) is 16.6. The molecule has 4 nitrogen and oxygen atoms in total. The Morgan fingerprint density at radius 3 is 2.44 bits per heavy atom. The number of halogens is 1. The largest absolute Gasteiger partial charge is 0.480 e. The van der Waals surface area contributed by atoms with Gasteiger partial charge in [0.1, 0.15) is 6.04 Å². The lowest BCUT2D eigenvalue weighted by atomic mass is 9.99. The number of anilines is 1. The van der Waals surface area contributed by atoms with Gasteiger partial charge in [0, 0.05) is 36.9 Å². The summed E-state index contributed by atoms with van der Waals surface area (Å²) in [4.78, 5) is 16.2. The van der Waals surface area contributed by atoms with Crippen molar-refractivity contribution in [3.8, 4) is 0 Å². The van der Waals surface area contributed by atoms with Crippen molar-refractivity contribution in [1.82, 2.24) is 4.90 Å². The number of carboxylic acid groups (broad SMARTS) is 1. The zero-order valence-electron chi connectivity index (χ0n) is 14.4. The molecule has 132 valence electrons. The van der Waals surface area contributed by atoms with Crippen LogP contribution in [0, 0.1) is 6.92 Å². The van der Waals surface area contributed by atoms with Crippen LogP contribution < -0.4 is 4.90 Å². The fraction of sp³-hybridized carbons (Fsp3) is 0.350. The minimum Gasteiger partial charge on any atom is -0.480 e. The first kappa shape index (κ1) is 17.8. The quantitative estimate of drug-likeness (QED) is 0.888. The highest BCUT2D eigenvalue weighted by Gasteiger charge is 2.29. The number of aliphatic carboxylic acids is 1. The zero-order valence-corrected chi connectivity index (χ0v) is 15.1. The standard InChI is InChI=1S/C20H23ClN2O2/c1-15-7-8-17(21)13-16(15)14-19(20(24)25)23-11-9-22(10-12-23)18-5-3-2-4-6-18/h2-8,13,19H,9-12,14H2,1H3,(H,24,25). The van der Waals surface area contributed by atoms with E-state index in [4.69, 9.17) is 11.6 Å². The lowest BCUT2D eigenvalue weighted by molar-refractivity contribution is -0.143. The van der Waals surface area contributed by atoms with Crippen molar-refractivity contribution in [2.45, 2.75) is 19.4 Å². The van der Waals surface area contributed by atoms with Crippen LogP contribution in [0.4, 0.5) is 5.69 Å². The number of hydrogen-bond acceptors (Lipinski definition) is 3. The Balaban J connectivity index is 1.68. The molecule has 0 aromatic heterocycles. The molecular formula is C20H23ClN2O2. The third kappa shape index (κ3) is 4.33. The average molecular weight is 359 g/mol. The summed E-state index contributed by atoms with van der Waals surface area (Å²) < 4.78 is 0. The van der Waals surface area contributed by atoms with Gasteiger partial charge in [-0.25, -0.2) is 0 Å². The van der Waals surface area contributed by atoms with E-state index in [-0.39, 0.29) is 0 Å². The van der Waals surface area contributed by atoms with Crippen LogP contribution in [-0.2, 0) is 11.2 Å². The molecule has 1 unspecified atom stereocenters. The van der Waals surface area contributed by atoms with Crippen molar-refractivity contribution >= 4 is 23.3 Å². The summed E-state index contributed by atoms with van der Waals surface area (Å²) >= 11 is 6.08. The summed E-state index contributed by atoms with van der Waals surface area (Å²) in [6.07, 6.45) is 0.479. The van der Waals surface area contributed by atoms with Crippen LogP contribution in [0.5, 0.6) is 0 Å². The van der Waals surface area contributed by atoms with Crippen LogP contribution in [0.1, 0.15) is 11.1 Å². The number of benzene rings is 2. The van der Waals surface area contributed by atoms with Gasteiger partial charge in [0.15, 0.2) is 0 Å². The predicted octanol–water partition coefficient (Wildman–Crippen LogP) is 3.47. The van der Waals surface area contributed by atoms with Gasteiger partial charge in [-0.2, -0.15) is 0 Å². The maximum absolute atomic E-state index is 11.9. The van der Waals surface area contributed by atoms with Crippen LogP contribution in [0.2, 0.25) is 5.02 Å². The van der Waals surface area contributed by atoms with Crippen molar-refractivity contribution in [2.24, 2.45) is 0 Å². The van der Waals surface area contributed by atoms with Crippen LogP contribution >= 0.6 is 11.6 Å². The molecule has 25 heavy (non-hydrogen) atoms. The molecule has 1 saturated heterocycles. The molecule has 3 rings (SSSR count). The van der Waals surface area contributed by atoms with E-state index in [1.54, 1.807) is 0 Å². The van der Waals surface area contributed by atoms with Gasteiger partial charge in [-0.05, 0) is 48.7 Å². The van der Waals surface area contributed by atoms with E-state index in [1.807, 2.05) is 43.3 Å². The Morgan fingerprint density at radius 1 is 1.12 bits per heavy atom. The molecule has 0 aliphatic carbocycles. The number of aryl methyl sites for hydroxylation is 1. The van der Waals surface area contributed by atoms with E-state index in [1.165, 1.54) is 5.69 Å². The van der Waals surface area contributed by atoms with E-state index in [2.05, 4.69) is 21.9 Å². The molecule has 0 bridgehead atoms. The Kier molecular flexibility index (Phi) is 5.61. The fourth-order valence-electron chi connectivity index (χ4n) is 3.37. The number of rotatable bonds is 5. The Morgan fingerprint density at radius 2 is 1.80 bits per heavy atom. The second-order valence-corrected chi connectivity index (χ2v) is 6.92. The monoisotopic (exact) mass is 358 g/mol. The third-order valence-electron chi connectivity index (χ3n) is 4.89. The van der Waals surface area contributed by atoms with E-state index >= 15 is 0 Å². The van der Waals surface area contributed by atoms with Gasteiger partial charge >= 0.3 is 5.97 Å². The molecule has 1 aliphatic heterocycles. The molecule has 0 saturated carbocycles. The Bertz CT molecular complexity index is 728. The van der Waals surface area contributed by atoms with E-state index in [9.17, 15) is 9.90 Å². The van der Waals surface area contributed by atoms with Gasteiger partial charge in [-0.1, -0.05) is 35.9 Å². The second-order valence-electron chi connectivity index (χ2n) is 6.49. The highest BCUT2D eigenvalue weighted by atomic mass is 35.5. The SMILES string of the molecule is Cc1ccc(Cl)cc1CC(C(=O)O)N1CCN(c2ccccc2)CC1. The lowest BCUT2D eigenvalue weighted by Crippen LogP contribution is -2.53. The maximum Gasteiger partial charge on any atom is 0.321 e. The van der Waals surface area contributed by atoms with Gasteiger partial charge in [-0.15, -0.1) is 0 Å². The second kappa shape index (κ2) is 7.89. The van der Waals surface area contributed by atoms with E-state index in [0.29, 0.717) is 11.4 Å². The highest BCUT2D eigenvalue weighted by Crippen LogP contribution is 2.21. The van der Waals surface area contributed by atoms with Gasteiger partial charge in [0.2, 0.25) is 0 Å². The van der Waals surface area contributed by atoms with Crippen LogP contribution in [0.25, 0.3) is 0 Å². The number of carbonyl (C=O) groups is 1. The first-order valence-electron chi connectivity index (χ1n) is 8.56. The van der Waals surface area contributed by atoms with Crippen molar-refractivity contribution in [1.29, 1.82) is 0 Å². The summed E-state index contributed by atoms with van der Waals surface area (Å²) in [5.74, 6) is -0.771. The van der Waals surface area contributed by atoms with Crippen LogP contribution in [-0.4, -0.2) is 48.2 Å². The maximum atomic E-state index is 11.9. The first-order valence-corrected chi connectivity index (χ1v) is 8.94. The topological polar surface area (TPSA) is 43.8 Å². The Labute approximate surface area is 153 Å². The van der Waals surface area contributed by atoms with Crippen molar-refractivity contribution in [2.75, 3.05) is 31.1 Å². The number of para-hydroxylation sites is 1. The number of hydrogen-bond donors (Lipinski definition) is 1. The van der Waals surface area contributed by atoms with Gasteiger partial charge in [0.05, 0.1) is 0 Å². The summed E-state index contributed by atoms with van der Waals surface area (Å²) in [6.45, 7) is 5.15. The fourth-order valence-corrected chi connectivity index (χ4v) is 3.57.